The van der Waals surface area contributed by atoms with Crippen molar-refractivity contribution in [2.45, 2.75) is 31.3 Å². The zero-order valence-corrected chi connectivity index (χ0v) is 13.2. The Bertz CT molecular complexity index is 774. The number of aromatic nitrogens is 1. The Labute approximate surface area is 130 Å². The van der Waals surface area contributed by atoms with Crippen LogP contribution in [0.15, 0.2) is 22.7 Å². The lowest BCUT2D eigenvalue weighted by Gasteiger charge is -2.33. The highest BCUT2D eigenvalue weighted by Crippen LogP contribution is 2.45. The van der Waals surface area contributed by atoms with Crippen molar-refractivity contribution in [1.82, 2.24) is 9.88 Å². The molecule has 1 aromatic carbocycles. The van der Waals surface area contributed by atoms with Crippen LogP contribution in [0.1, 0.15) is 40.5 Å². The van der Waals surface area contributed by atoms with Gasteiger partial charge in [0.05, 0.1) is 11.1 Å². The van der Waals surface area contributed by atoms with Gasteiger partial charge >= 0.3 is 5.97 Å². The fourth-order valence-corrected chi connectivity index (χ4v) is 4.24. The number of hydrogen-bond donors (Lipinski definition) is 1. The van der Waals surface area contributed by atoms with Crippen LogP contribution in [-0.4, -0.2) is 34.0 Å². The van der Waals surface area contributed by atoms with Crippen LogP contribution in [0.5, 0.6) is 0 Å². The number of fused-ring (bicyclic) bond motifs is 5. The Morgan fingerprint density at radius 3 is 3.00 bits per heavy atom. The maximum absolute atomic E-state index is 11.9. The van der Waals surface area contributed by atoms with Gasteiger partial charge in [-0.1, -0.05) is 15.9 Å². The summed E-state index contributed by atoms with van der Waals surface area (Å²) in [5.74, 6) is -0.851. The summed E-state index contributed by atoms with van der Waals surface area (Å²) < 4.78 is 0.882. The van der Waals surface area contributed by atoms with Crippen LogP contribution in [0.4, 0.5) is 0 Å². The molecule has 2 atom stereocenters. The number of carboxylic acid groups (broad SMARTS) is 1. The Balaban J connectivity index is 2.09. The molecular weight excluding hydrogens is 332 g/mol. The number of pyridine rings is 1. The average Bonchev–Trinajstić information content (AvgIpc) is 2.68. The summed E-state index contributed by atoms with van der Waals surface area (Å²) in [5.41, 5.74) is 3.13. The standard InChI is InChI=1S/C16H15BrN2O2/c1-19-9-3-5-13(19)15-12(7-9)18-11-4-2-8(17)6-10(11)14(15)16(20)21/h2,4,6,9,13H,3,5,7H2,1H3,(H,20,21). The van der Waals surface area contributed by atoms with E-state index < -0.39 is 5.97 Å². The number of nitrogens with zero attached hydrogens (tertiary/aromatic N) is 2. The minimum Gasteiger partial charge on any atom is -0.478 e. The van der Waals surface area contributed by atoms with Crippen LogP contribution in [0.25, 0.3) is 10.9 Å². The number of carbonyl (C=O) groups is 1. The van der Waals surface area contributed by atoms with Crippen LogP contribution in [-0.2, 0) is 6.42 Å². The maximum Gasteiger partial charge on any atom is 0.336 e. The monoisotopic (exact) mass is 346 g/mol. The molecule has 3 heterocycles. The highest BCUT2D eigenvalue weighted by atomic mass is 79.9. The van der Waals surface area contributed by atoms with E-state index in [1.54, 1.807) is 0 Å². The smallest absolute Gasteiger partial charge is 0.336 e. The molecule has 5 heteroatoms. The van der Waals surface area contributed by atoms with Gasteiger partial charge in [0.15, 0.2) is 0 Å². The van der Waals surface area contributed by atoms with Crippen LogP contribution in [0.3, 0.4) is 0 Å². The lowest BCUT2D eigenvalue weighted by molar-refractivity contribution is 0.0694. The van der Waals surface area contributed by atoms with Crippen LogP contribution < -0.4 is 0 Å². The highest BCUT2D eigenvalue weighted by molar-refractivity contribution is 9.10. The van der Waals surface area contributed by atoms with Crippen molar-refractivity contribution in [2.24, 2.45) is 0 Å². The Morgan fingerprint density at radius 2 is 2.24 bits per heavy atom. The van der Waals surface area contributed by atoms with E-state index in [-0.39, 0.29) is 6.04 Å². The van der Waals surface area contributed by atoms with E-state index in [1.807, 2.05) is 18.2 Å². The molecule has 2 aromatic rings. The number of aromatic carboxylic acids is 1. The Kier molecular flexibility index (Phi) is 2.84. The van der Waals surface area contributed by atoms with E-state index in [2.05, 4.69) is 27.9 Å². The van der Waals surface area contributed by atoms with E-state index >= 15 is 0 Å². The first kappa shape index (κ1) is 13.2. The fourth-order valence-electron chi connectivity index (χ4n) is 3.88. The third-order valence-corrected chi connectivity index (χ3v) is 5.37. The summed E-state index contributed by atoms with van der Waals surface area (Å²) in [5, 5.41) is 10.5. The largest absolute Gasteiger partial charge is 0.478 e. The first-order chi connectivity index (χ1) is 10.1. The molecule has 0 saturated carbocycles. The second kappa shape index (κ2) is 4.52. The Morgan fingerprint density at radius 1 is 1.43 bits per heavy atom. The van der Waals surface area contributed by atoms with Gasteiger partial charge in [0.25, 0.3) is 0 Å². The molecule has 0 spiro atoms. The number of halogens is 1. The molecule has 2 aliphatic rings. The zero-order valence-electron chi connectivity index (χ0n) is 11.6. The SMILES string of the molecule is CN1C2CCC1c1c(nc3ccc(Br)cc3c1C(=O)O)C2. The van der Waals surface area contributed by atoms with Crippen LogP contribution in [0, 0.1) is 0 Å². The molecule has 0 radical (unpaired) electrons. The summed E-state index contributed by atoms with van der Waals surface area (Å²) in [6, 6.07) is 6.38. The molecule has 2 aliphatic heterocycles. The van der Waals surface area contributed by atoms with Gasteiger partial charge in [-0.3, -0.25) is 9.88 Å². The summed E-state index contributed by atoms with van der Waals surface area (Å²) in [4.78, 5) is 19.0. The lowest BCUT2D eigenvalue weighted by Crippen LogP contribution is -2.35. The predicted molar refractivity (Wildman–Crippen MR) is 83.6 cm³/mol. The van der Waals surface area contributed by atoms with Gasteiger partial charge in [0.2, 0.25) is 0 Å². The van der Waals surface area contributed by atoms with Crippen molar-refractivity contribution in [3.63, 3.8) is 0 Å². The number of likely N-dealkylation sites (N-methyl/N-ethyl adjacent to an activating group) is 1. The first-order valence-corrected chi connectivity index (χ1v) is 7.93. The average molecular weight is 347 g/mol. The number of carboxylic acids is 1. The molecule has 1 aromatic heterocycles. The van der Waals surface area contributed by atoms with Crippen LogP contribution in [0.2, 0.25) is 0 Å². The Hall–Kier alpha value is -1.46. The topological polar surface area (TPSA) is 53.4 Å². The molecule has 21 heavy (non-hydrogen) atoms. The second-order valence-electron chi connectivity index (χ2n) is 5.93. The molecule has 1 N–H and O–H groups in total. The summed E-state index contributed by atoms with van der Waals surface area (Å²) in [7, 11) is 2.10. The predicted octanol–water partition coefficient (Wildman–Crippen LogP) is 3.39. The molecule has 0 amide bonds. The van der Waals surface area contributed by atoms with E-state index in [0.717, 1.165) is 45.9 Å². The van der Waals surface area contributed by atoms with Gasteiger partial charge in [-0.2, -0.15) is 0 Å². The molecule has 2 bridgehead atoms. The summed E-state index contributed by atoms with van der Waals surface area (Å²) in [6.45, 7) is 0. The van der Waals surface area contributed by atoms with Crippen molar-refractivity contribution in [3.05, 3.63) is 39.5 Å². The number of rotatable bonds is 1. The quantitative estimate of drug-likeness (QED) is 0.859. The molecule has 0 aliphatic carbocycles. The van der Waals surface area contributed by atoms with Gasteiger partial charge in [0, 0.05) is 39.6 Å². The molecule has 4 rings (SSSR count). The van der Waals surface area contributed by atoms with Crippen molar-refractivity contribution >= 4 is 32.8 Å². The lowest BCUT2D eigenvalue weighted by atomic mass is 9.91. The van der Waals surface area contributed by atoms with E-state index in [1.165, 1.54) is 0 Å². The van der Waals surface area contributed by atoms with Gasteiger partial charge in [-0.25, -0.2) is 4.79 Å². The van der Waals surface area contributed by atoms with Crippen molar-refractivity contribution in [3.8, 4) is 0 Å². The third-order valence-electron chi connectivity index (χ3n) is 4.88. The first-order valence-electron chi connectivity index (χ1n) is 7.13. The normalized spacial score (nSPS) is 24.3. The van der Waals surface area contributed by atoms with Gasteiger partial charge in [-0.05, 0) is 38.1 Å². The van der Waals surface area contributed by atoms with Gasteiger partial charge in [0.1, 0.15) is 0 Å². The molecular formula is C16H15BrN2O2. The van der Waals surface area contributed by atoms with E-state index in [0.29, 0.717) is 11.6 Å². The van der Waals surface area contributed by atoms with Crippen molar-refractivity contribution in [1.29, 1.82) is 0 Å². The highest BCUT2D eigenvalue weighted by Gasteiger charge is 2.41. The maximum atomic E-state index is 11.9. The fraction of sp³-hybridized carbons (Fsp3) is 0.375. The molecule has 2 unspecified atom stereocenters. The minimum absolute atomic E-state index is 0.195. The second-order valence-corrected chi connectivity index (χ2v) is 6.85. The van der Waals surface area contributed by atoms with E-state index in [9.17, 15) is 9.90 Å². The number of benzene rings is 1. The van der Waals surface area contributed by atoms with Crippen LogP contribution >= 0.6 is 15.9 Å². The van der Waals surface area contributed by atoms with E-state index in [4.69, 9.17) is 4.98 Å². The molecule has 1 saturated heterocycles. The summed E-state index contributed by atoms with van der Waals surface area (Å²) >= 11 is 3.43. The number of hydrogen-bond acceptors (Lipinski definition) is 3. The molecule has 4 nitrogen and oxygen atoms in total. The zero-order chi connectivity index (χ0) is 14.7. The summed E-state index contributed by atoms with van der Waals surface area (Å²) in [6.07, 6.45) is 3.00. The molecule has 108 valence electrons. The van der Waals surface area contributed by atoms with Crippen molar-refractivity contribution in [2.75, 3.05) is 7.05 Å². The van der Waals surface area contributed by atoms with Gasteiger partial charge in [-0.15, -0.1) is 0 Å². The third kappa shape index (κ3) is 1.84. The van der Waals surface area contributed by atoms with Gasteiger partial charge < -0.3 is 5.11 Å². The minimum atomic E-state index is -0.851. The molecule has 1 fully saturated rings. The van der Waals surface area contributed by atoms with Crippen molar-refractivity contribution < 1.29 is 9.90 Å².